The largest absolute Gasteiger partial charge is 0.457 e. The van der Waals surface area contributed by atoms with Crippen molar-refractivity contribution in [2.75, 3.05) is 0 Å². The van der Waals surface area contributed by atoms with Gasteiger partial charge in [-0.15, -0.1) is 0 Å². The highest BCUT2D eigenvalue weighted by Gasteiger charge is 2.16. The van der Waals surface area contributed by atoms with Crippen LogP contribution >= 0.6 is 0 Å². The molecular weight excluding hydrogens is 344 g/mol. The fourth-order valence-electron chi connectivity index (χ4n) is 2.56. The third-order valence-electron chi connectivity index (χ3n) is 4.06. The van der Waals surface area contributed by atoms with Gasteiger partial charge in [-0.2, -0.15) is 0 Å². The molecule has 0 aliphatic rings. The molecule has 0 aliphatic heterocycles. The van der Waals surface area contributed by atoms with E-state index in [0.717, 1.165) is 23.3 Å². The van der Waals surface area contributed by atoms with Crippen molar-refractivity contribution in [3.8, 4) is 23.0 Å². The quantitative estimate of drug-likeness (QED) is 0.414. The molecule has 0 aromatic heterocycles. The maximum Gasteiger partial charge on any atom is 0.335 e. The summed E-state index contributed by atoms with van der Waals surface area (Å²) in [5.41, 5.74) is 2.96. The van der Waals surface area contributed by atoms with Gasteiger partial charge in [0.25, 0.3) is 0 Å². The summed E-state index contributed by atoms with van der Waals surface area (Å²) in [5, 5.41) is 0. The van der Waals surface area contributed by atoms with Gasteiger partial charge in [0, 0.05) is 23.3 Å². The van der Waals surface area contributed by atoms with Gasteiger partial charge in [0.1, 0.15) is 23.0 Å². The van der Waals surface area contributed by atoms with E-state index in [0.29, 0.717) is 34.1 Å². The Kier molecular flexibility index (Phi) is 6.19. The zero-order valence-electron chi connectivity index (χ0n) is 15.9. The van der Waals surface area contributed by atoms with Gasteiger partial charge in [-0.05, 0) is 51.0 Å². The van der Waals surface area contributed by atoms with E-state index in [1.807, 2.05) is 13.8 Å². The molecule has 0 spiro atoms. The average molecular weight is 366 g/mol. The normalized spacial score (nSPS) is 10.1. The van der Waals surface area contributed by atoms with E-state index in [1.54, 1.807) is 38.1 Å². The molecule has 0 radical (unpaired) electrons. The molecule has 0 saturated carbocycles. The second-order valence-electron chi connectivity index (χ2n) is 6.02. The van der Waals surface area contributed by atoms with Crippen molar-refractivity contribution in [1.29, 1.82) is 0 Å². The van der Waals surface area contributed by atoms with Gasteiger partial charge >= 0.3 is 11.9 Å². The third-order valence-corrected chi connectivity index (χ3v) is 4.06. The molecule has 0 N–H and O–H groups in total. The Morgan fingerprint density at radius 2 is 1.11 bits per heavy atom. The first-order valence-electron chi connectivity index (χ1n) is 8.35. The Morgan fingerprint density at radius 3 is 1.44 bits per heavy atom. The van der Waals surface area contributed by atoms with Gasteiger partial charge in [0.15, 0.2) is 0 Å². The van der Waals surface area contributed by atoms with Gasteiger partial charge in [-0.1, -0.05) is 25.3 Å². The molecule has 0 unspecified atom stereocenters. The van der Waals surface area contributed by atoms with E-state index in [9.17, 15) is 9.59 Å². The average Bonchev–Trinajstić information content (AvgIpc) is 2.65. The molecule has 27 heavy (non-hydrogen) atoms. The van der Waals surface area contributed by atoms with Crippen molar-refractivity contribution in [1.82, 2.24) is 0 Å². The number of rotatable bonds is 6. The SMILES string of the molecule is C=CC(=O)Oc1c(C)ccc(Oc2ccc(C)c(OC(=O)C=C)c2C)c1C. The number of esters is 2. The molecule has 2 rings (SSSR count). The predicted octanol–water partition coefficient (Wildman–Crippen LogP) is 4.90. The molecule has 140 valence electrons. The first kappa shape index (κ1) is 20.0. The lowest BCUT2D eigenvalue weighted by molar-refractivity contribution is -0.129. The lowest BCUT2D eigenvalue weighted by Gasteiger charge is -2.17. The number of hydrogen-bond acceptors (Lipinski definition) is 5. The molecule has 2 aromatic carbocycles. The highest BCUT2D eigenvalue weighted by molar-refractivity contribution is 5.84. The second-order valence-corrected chi connectivity index (χ2v) is 6.02. The number of benzene rings is 2. The van der Waals surface area contributed by atoms with Crippen LogP contribution in [0.1, 0.15) is 22.3 Å². The van der Waals surface area contributed by atoms with E-state index >= 15 is 0 Å². The zero-order chi connectivity index (χ0) is 20.1. The minimum Gasteiger partial charge on any atom is -0.457 e. The summed E-state index contributed by atoms with van der Waals surface area (Å²) in [4.78, 5) is 23.2. The van der Waals surface area contributed by atoms with Crippen LogP contribution in [-0.4, -0.2) is 11.9 Å². The summed E-state index contributed by atoms with van der Waals surface area (Å²) >= 11 is 0. The van der Waals surface area contributed by atoms with Gasteiger partial charge < -0.3 is 14.2 Å². The van der Waals surface area contributed by atoms with Gasteiger partial charge in [-0.3, -0.25) is 0 Å². The number of hydrogen-bond donors (Lipinski definition) is 0. The van der Waals surface area contributed by atoms with Crippen molar-refractivity contribution in [2.45, 2.75) is 27.7 Å². The summed E-state index contributed by atoms with van der Waals surface area (Å²) in [6.07, 6.45) is 2.22. The second kappa shape index (κ2) is 8.36. The van der Waals surface area contributed by atoms with Gasteiger partial charge in [0.05, 0.1) is 0 Å². The zero-order valence-corrected chi connectivity index (χ0v) is 15.9. The first-order chi connectivity index (χ1) is 12.8. The van der Waals surface area contributed by atoms with Crippen molar-refractivity contribution >= 4 is 11.9 Å². The Balaban J connectivity index is 2.43. The number of carbonyl (C=O) groups is 2. The van der Waals surface area contributed by atoms with E-state index in [2.05, 4.69) is 13.2 Å². The van der Waals surface area contributed by atoms with Gasteiger partial charge in [-0.25, -0.2) is 9.59 Å². The van der Waals surface area contributed by atoms with Crippen LogP contribution in [0.3, 0.4) is 0 Å². The molecule has 5 nitrogen and oxygen atoms in total. The number of ether oxygens (including phenoxy) is 3. The molecule has 0 aliphatic carbocycles. The van der Waals surface area contributed by atoms with Crippen LogP contribution in [0.15, 0.2) is 49.6 Å². The highest BCUT2D eigenvalue weighted by Crippen LogP contribution is 2.38. The van der Waals surface area contributed by atoms with Crippen molar-refractivity contribution in [3.05, 3.63) is 71.8 Å². The Bertz CT molecular complexity index is 849. The summed E-state index contributed by atoms with van der Waals surface area (Å²) in [7, 11) is 0. The van der Waals surface area contributed by atoms with Crippen LogP contribution in [0.4, 0.5) is 0 Å². The van der Waals surface area contributed by atoms with Crippen molar-refractivity contribution in [2.24, 2.45) is 0 Å². The van der Waals surface area contributed by atoms with Crippen LogP contribution in [0.5, 0.6) is 23.0 Å². The molecule has 0 amide bonds. The lowest BCUT2D eigenvalue weighted by Crippen LogP contribution is -2.07. The lowest BCUT2D eigenvalue weighted by atomic mass is 10.1. The molecule has 0 heterocycles. The van der Waals surface area contributed by atoms with E-state index in [4.69, 9.17) is 14.2 Å². The molecule has 0 saturated heterocycles. The molecule has 5 heteroatoms. The van der Waals surface area contributed by atoms with Crippen LogP contribution in [0.2, 0.25) is 0 Å². The predicted molar refractivity (Wildman–Crippen MR) is 104 cm³/mol. The van der Waals surface area contributed by atoms with Crippen LogP contribution in [0, 0.1) is 27.7 Å². The summed E-state index contributed by atoms with van der Waals surface area (Å²) < 4.78 is 16.7. The molecule has 0 fully saturated rings. The third kappa shape index (κ3) is 4.44. The van der Waals surface area contributed by atoms with Gasteiger partial charge in [0.2, 0.25) is 0 Å². The van der Waals surface area contributed by atoms with E-state index in [1.165, 1.54) is 0 Å². The Hall–Kier alpha value is -3.34. The molecular formula is C22H22O5. The van der Waals surface area contributed by atoms with E-state index < -0.39 is 11.9 Å². The van der Waals surface area contributed by atoms with Crippen LogP contribution in [0.25, 0.3) is 0 Å². The van der Waals surface area contributed by atoms with Crippen LogP contribution < -0.4 is 14.2 Å². The summed E-state index contributed by atoms with van der Waals surface area (Å²) in [6, 6.07) is 7.20. The smallest absolute Gasteiger partial charge is 0.335 e. The first-order valence-corrected chi connectivity index (χ1v) is 8.35. The maximum absolute atomic E-state index is 11.6. The minimum atomic E-state index is -0.538. The molecule has 0 bridgehead atoms. The van der Waals surface area contributed by atoms with Crippen molar-refractivity contribution < 1.29 is 23.8 Å². The summed E-state index contributed by atoms with van der Waals surface area (Å²) in [5.74, 6) is 0.841. The Morgan fingerprint density at radius 1 is 0.741 bits per heavy atom. The fraction of sp³-hybridized carbons (Fsp3) is 0.182. The number of carbonyl (C=O) groups excluding carboxylic acids is 2. The van der Waals surface area contributed by atoms with E-state index in [-0.39, 0.29) is 0 Å². The highest BCUT2D eigenvalue weighted by atomic mass is 16.5. The standard InChI is InChI=1S/C22H22O5/c1-7-19(23)26-21-13(3)9-11-17(15(21)5)25-18-12-10-14(4)22(16(18)6)27-20(24)8-2/h7-12H,1-2H2,3-6H3. The topological polar surface area (TPSA) is 61.8 Å². The monoisotopic (exact) mass is 366 g/mol. The fourth-order valence-corrected chi connectivity index (χ4v) is 2.56. The van der Waals surface area contributed by atoms with Crippen molar-refractivity contribution in [3.63, 3.8) is 0 Å². The number of aryl methyl sites for hydroxylation is 2. The minimum absolute atomic E-state index is 0.431. The molecule has 0 atom stereocenters. The van der Waals surface area contributed by atoms with Crippen LogP contribution in [-0.2, 0) is 9.59 Å². The summed E-state index contributed by atoms with van der Waals surface area (Å²) in [6.45, 7) is 14.1. The Labute approximate surface area is 158 Å². The molecule has 2 aromatic rings. The maximum atomic E-state index is 11.6.